The summed E-state index contributed by atoms with van der Waals surface area (Å²) in [6.45, 7) is 3.84. The number of ether oxygens (including phenoxy) is 1. The standard InChI is InChI=1S/C13H23N3O3S2/c1-14-5-7-15(8-6-14)21(17,18)16(9-10-19-2)12-13-4-3-11-20-13/h3-4,11H,5-10,12H2,1-2H3. The van der Waals surface area contributed by atoms with Gasteiger partial charge in [0.2, 0.25) is 0 Å². The van der Waals surface area contributed by atoms with Crippen LogP contribution in [0, 0.1) is 0 Å². The molecule has 1 aromatic rings. The molecule has 0 atom stereocenters. The molecule has 120 valence electrons. The third kappa shape index (κ3) is 4.48. The van der Waals surface area contributed by atoms with Crippen molar-refractivity contribution in [2.75, 3.05) is 53.5 Å². The Labute approximate surface area is 131 Å². The molecule has 0 aliphatic carbocycles. The lowest BCUT2D eigenvalue weighted by atomic mass is 10.4. The maximum atomic E-state index is 12.8. The second-order valence-corrected chi connectivity index (χ2v) is 8.08. The van der Waals surface area contributed by atoms with Gasteiger partial charge >= 0.3 is 0 Å². The van der Waals surface area contributed by atoms with Crippen LogP contribution in [0.1, 0.15) is 4.88 Å². The number of hydrogen-bond donors (Lipinski definition) is 0. The summed E-state index contributed by atoms with van der Waals surface area (Å²) in [6, 6.07) is 3.90. The predicted molar refractivity (Wildman–Crippen MR) is 84.6 cm³/mol. The summed E-state index contributed by atoms with van der Waals surface area (Å²) in [6.07, 6.45) is 0. The Morgan fingerprint density at radius 1 is 1.33 bits per heavy atom. The lowest BCUT2D eigenvalue weighted by molar-refractivity contribution is 0.168. The Kier molecular flexibility index (Phi) is 6.15. The van der Waals surface area contributed by atoms with Gasteiger partial charge < -0.3 is 9.64 Å². The van der Waals surface area contributed by atoms with Gasteiger partial charge in [-0.1, -0.05) is 6.07 Å². The van der Waals surface area contributed by atoms with Crippen LogP contribution in [-0.4, -0.2) is 75.4 Å². The molecule has 0 spiro atoms. The molecule has 21 heavy (non-hydrogen) atoms. The number of thiophene rings is 1. The first-order chi connectivity index (χ1) is 10.0. The lowest BCUT2D eigenvalue weighted by Crippen LogP contribution is -2.52. The maximum absolute atomic E-state index is 12.8. The summed E-state index contributed by atoms with van der Waals surface area (Å²) < 4.78 is 33.8. The zero-order chi connectivity index (χ0) is 15.3. The first-order valence-corrected chi connectivity index (χ1v) is 9.27. The van der Waals surface area contributed by atoms with Crippen LogP contribution >= 0.6 is 11.3 Å². The zero-order valence-electron chi connectivity index (χ0n) is 12.6. The van der Waals surface area contributed by atoms with Crippen LogP contribution in [0.3, 0.4) is 0 Å². The van der Waals surface area contributed by atoms with Crippen LogP contribution in [-0.2, 0) is 21.5 Å². The highest BCUT2D eigenvalue weighted by Crippen LogP contribution is 2.18. The molecular weight excluding hydrogens is 310 g/mol. The molecule has 0 bridgehead atoms. The number of hydrogen-bond acceptors (Lipinski definition) is 5. The molecule has 0 radical (unpaired) electrons. The van der Waals surface area contributed by atoms with Gasteiger partial charge in [0.15, 0.2) is 0 Å². The van der Waals surface area contributed by atoms with Gasteiger partial charge in [-0.3, -0.25) is 0 Å². The molecule has 0 N–H and O–H groups in total. The van der Waals surface area contributed by atoms with E-state index in [1.54, 1.807) is 22.8 Å². The normalized spacial score (nSPS) is 18.4. The van der Waals surface area contributed by atoms with Crippen molar-refractivity contribution < 1.29 is 13.2 Å². The fraction of sp³-hybridized carbons (Fsp3) is 0.692. The van der Waals surface area contributed by atoms with Crippen LogP contribution in [0.25, 0.3) is 0 Å². The maximum Gasteiger partial charge on any atom is 0.282 e. The van der Waals surface area contributed by atoms with E-state index < -0.39 is 10.2 Å². The van der Waals surface area contributed by atoms with E-state index in [1.165, 1.54) is 4.31 Å². The number of methoxy groups -OCH3 is 1. The minimum Gasteiger partial charge on any atom is -0.383 e. The van der Waals surface area contributed by atoms with Gasteiger partial charge in [0, 0.05) is 51.3 Å². The molecule has 0 aromatic carbocycles. The van der Waals surface area contributed by atoms with Crippen LogP contribution in [0.5, 0.6) is 0 Å². The van der Waals surface area contributed by atoms with E-state index in [0.29, 0.717) is 32.8 Å². The monoisotopic (exact) mass is 333 g/mol. The minimum atomic E-state index is -3.43. The molecule has 2 heterocycles. The SMILES string of the molecule is COCCN(Cc1cccs1)S(=O)(=O)N1CCN(C)CC1. The Morgan fingerprint density at radius 3 is 2.62 bits per heavy atom. The molecule has 0 amide bonds. The molecule has 1 aliphatic rings. The van der Waals surface area contributed by atoms with Crippen LogP contribution in [0.4, 0.5) is 0 Å². The highest BCUT2D eigenvalue weighted by atomic mass is 32.2. The number of rotatable bonds is 7. The van der Waals surface area contributed by atoms with Crippen molar-refractivity contribution in [2.45, 2.75) is 6.54 Å². The third-order valence-corrected chi connectivity index (χ3v) is 6.42. The second-order valence-electron chi connectivity index (χ2n) is 5.12. The Bertz CT molecular complexity index is 511. The van der Waals surface area contributed by atoms with E-state index in [0.717, 1.165) is 18.0 Å². The van der Waals surface area contributed by atoms with E-state index in [1.807, 2.05) is 24.6 Å². The fourth-order valence-electron chi connectivity index (χ4n) is 2.23. The highest BCUT2D eigenvalue weighted by Gasteiger charge is 2.31. The van der Waals surface area contributed by atoms with Gasteiger partial charge in [-0.15, -0.1) is 11.3 Å². The largest absolute Gasteiger partial charge is 0.383 e. The van der Waals surface area contributed by atoms with Crippen LogP contribution in [0.15, 0.2) is 17.5 Å². The lowest BCUT2D eigenvalue weighted by Gasteiger charge is -2.35. The van der Waals surface area contributed by atoms with Crippen molar-refractivity contribution in [1.29, 1.82) is 0 Å². The molecule has 1 aromatic heterocycles. The van der Waals surface area contributed by atoms with E-state index in [-0.39, 0.29) is 0 Å². The quantitative estimate of drug-likeness (QED) is 0.737. The van der Waals surface area contributed by atoms with Gasteiger partial charge in [-0.2, -0.15) is 17.0 Å². The molecular formula is C13H23N3O3S2. The Morgan fingerprint density at radius 2 is 2.05 bits per heavy atom. The average molecular weight is 333 g/mol. The first-order valence-electron chi connectivity index (χ1n) is 6.99. The molecule has 2 rings (SSSR count). The summed E-state index contributed by atoms with van der Waals surface area (Å²) >= 11 is 1.57. The van der Waals surface area contributed by atoms with Crippen molar-refractivity contribution in [3.05, 3.63) is 22.4 Å². The fourth-order valence-corrected chi connectivity index (χ4v) is 4.59. The number of likely N-dealkylation sites (N-methyl/N-ethyl adjacent to an activating group) is 1. The first kappa shape index (κ1) is 16.9. The van der Waals surface area contributed by atoms with Gasteiger partial charge in [0.25, 0.3) is 10.2 Å². The van der Waals surface area contributed by atoms with Gasteiger partial charge in [-0.05, 0) is 18.5 Å². The van der Waals surface area contributed by atoms with E-state index in [9.17, 15) is 8.42 Å². The van der Waals surface area contributed by atoms with Crippen molar-refractivity contribution in [1.82, 2.24) is 13.5 Å². The number of piperazine rings is 1. The van der Waals surface area contributed by atoms with Crippen molar-refractivity contribution in [3.8, 4) is 0 Å². The zero-order valence-corrected chi connectivity index (χ0v) is 14.2. The molecule has 8 heteroatoms. The van der Waals surface area contributed by atoms with E-state index >= 15 is 0 Å². The molecule has 1 fully saturated rings. The van der Waals surface area contributed by atoms with Crippen LogP contribution < -0.4 is 0 Å². The molecule has 1 saturated heterocycles. The van der Waals surface area contributed by atoms with Crippen LogP contribution in [0.2, 0.25) is 0 Å². The second kappa shape index (κ2) is 7.66. The molecule has 6 nitrogen and oxygen atoms in total. The Hall–Kier alpha value is -0.510. The molecule has 0 saturated carbocycles. The summed E-state index contributed by atoms with van der Waals surface area (Å²) in [5.74, 6) is 0. The topological polar surface area (TPSA) is 53.1 Å². The minimum absolute atomic E-state index is 0.378. The molecule has 1 aliphatic heterocycles. The van der Waals surface area contributed by atoms with Crippen molar-refractivity contribution in [2.24, 2.45) is 0 Å². The summed E-state index contributed by atoms with van der Waals surface area (Å²) in [5.41, 5.74) is 0. The average Bonchev–Trinajstić information content (AvgIpc) is 2.96. The number of nitrogens with zero attached hydrogens (tertiary/aromatic N) is 3. The van der Waals surface area contributed by atoms with Gasteiger partial charge in [0.05, 0.1) is 6.61 Å². The summed E-state index contributed by atoms with van der Waals surface area (Å²) in [4.78, 5) is 3.19. The smallest absolute Gasteiger partial charge is 0.282 e. The highest BCUT2D eigenvalue weighted by molar-refractivity contribution is 7.86. The molecule has 0 unspecified atom stereocenters. The summed E-state index contributed by atoms with van der Waals surface area (Å²) in [5, 5.41) is 1.96. The van der Waals surface area contributed by atoms with Gasteiger partial charge in [-0.25, -0.2) is 0 Å². The summed E-state index contributed by atoms with van der Waals surface area (Å²) in [7, 11) is 0.172. The van der Waals surface area contributed by atoms with Crippen molar-refractivity contribution >= 4 is 21.5 Å². The van der Waals surface area contributed by atoms with Gasteiger partial charge in [0.1, 0.15) is 0 Å². The van der Waals surface area contributed by atoms with Crippen molar-refractivity contribution in [3.63, 3.8) is 0 Å². The van der Waals surface area contributed by atoms with E-state index in [4.69, 9.17) is 4.74 Å². The Balaban J connectivity index is 2.09. The third-order valence-electron chi connectivity index (χ3n) is 3.57. The van der Waals surface area contributed by atoms with E-state index in [2.05, 4.69) is 4.90 Å². The predicted octanol–water partition coefficient (Wildman–Crippen LogP) is 0.689.